The quantitative estimate of drug-likeness (QED) is 0.816. The first-order valence-electron chi connectivity index (χ1n) is 6.98. The molecule has 2 N–H and O–H groups in total. The highest BCUT2D eigenvalue weighted by molar-refractivity contribution is 5.79. The lowest BCUT2D eigenvalue weighted by molar-refractivity contribution is 0.267. The molecule has 1 aliphatic carbocycles. The van der Waals surface area contributed by atoms with Gasteiger partial charge in [0.1, 0.15) is 0 Å². The summed E-state index contributed by atoms with van der Waals surface area (Å²) < 4.78 is 2.32. The van der Waals surface area contributed by atoms with Gasteiger partial charge in [0.25, 0.3) is 0 Å². The van der Waals surface area contributed by atoms with Crippen LogP contribution in [0.4, 0.5) is 5.69 Å². The minimum Gasteiger partial charge on any atom is -0.399 e. The molecule has 0 saturated heterocycles. The summed E-state index contributed by atoms with van der Waals surface area (Å²) in [6.07, 6.45) is 8.86. The molecule has 18 heavy (non-hydrogen) atoms. The molecule has 1 unspecified atom stereocenters. The summed E-state index contributed by atoms with van der Waals surface area (Å²) in [5.74, 6) is 0.800. The minimum atomic E-state index is 0.541. The van der Waals surface area contributed by atoms with Crippen molar-refractivity contribution in [2.75, 3.05) is 5.73 Å². The predicted molar refractivity (Wildman–Crippen MR) is 75.4 cm³/mol. The molecule has 0 bridgehead atoms. The average molecular weight is 243 g/mol. The summed E-state index contributed by atoms with van der Waals surface area (Å²) in [6.45, 7) is 2.33. The lowest BCUT2D eigenvalue weighted by Crippen LogP contribution is -2.18. The molecule has 1 aromatic heterocycles. The number of aromatic nitrogens is 2. The molecule has 96 valence electrons. The number of rotatable bonds is 2. The highest BCUT2D eigenvalue weighted by atomic mass is 15.1. The van der Waals surface area contributed by atoms with E-state index in [1.54, 1.807) is 0 Å². The Morgan fingerprint density at radius 1 is 1.28 bits per heavy atom. The summed E-state index contributed by atoms with van der Waals surface area (Å²) in [4.78, 5) is 4.48. The Labute approximate surface area is 108 Å². The largest absolute Gasteiger partial charge is 0.399 e. The number of anilines is 1. The van der Waals surface area contributed by atoms with Gasteiger partial charge in [0.05, 0.1) is 17.4 Å². The molecule has 1 fully saturated rings. The monoisotopic (exact) mass is 243 g/mol. The second kappa shape index (κ2) is 4.63. The van der Waals surface area contributed by atoms with Crippen LogP contribution in [0, 0.1) is 5.92 Å². The zero-order valence-corrected chi connectivity index (χ0v) is 11.0. The maximum atomic E-state index is 5.80. The zero-order chi connectivity index (χ0) is 12.5. The number of hydrogen-bond acceptors (Lipinski definition) is 2. The van der Waals surface area contributed by atoms with Crippen LogP contribution in [0.5, 0.6) is 0 Å². The number of imidazole rings is 1. The Balaban J connectivity index is 1.93. The Hall–Kier alpha value is -1.51. The van der Waals surface area contributed by atoms with E-state index in [0.717, 1.165) is 17.1 Å². The first-order valence-corrected chi connectivity index (χ1v) is 6.98. The standard InChI is InChI=1S/C15H21N3/c1-11(12-5-3-2-4-6-12)18-10-17-14-9-13(16)7-8-15(14)18/h7-12H,2-6,16H2,1H3. The third-order valence-electron chi connectivity index (χ3n) is 4.37. The number of benzene rings is 1. The zero-order valence-electron chi connectivity index (χ0n) is 11.0. The van der Waals surface area contributed by atoms with Crippen LogP contribution >= 0.6 is 0 Å². The molecule has 0 aliphatic heterocycles. The van der Waals surface area contributed by atoms with Gasteiger partial charge in [0.2, 0.25) is 0 Å². The van der Waals surface area contributed by atoms with E-state index in [0.29, 0.717) is 6.04 Å². The van der Waals surface area contributed by atoms with Gasteiger partial charge in [-0.2, -0.15) is 0 Å². The van der Waals surface area contributed by atoms with Gasteiger partial charge in [-0.15, -0.1) is 0 Å². The molecule has 0 amide bonds. The van der Waals surface area contributed by atoms with Gasteiger partial charge < -0.3 is 10.3 Å². The molecular formula is C15H21N3. The number of fused-ring (bicyclic) bond motifs is 1. The lowest BCUT2D eigenvalue weighted by atomic mass is 9.84. The normalized spacial score (nSPS) is 19.2. The maximum absolute atomic E-state index is 5.80. The Morgan fingerprint density at radius 3 is 2.83 bits per heavy atom. The molecule has 3 nitrogen and oxygen atoms in total. The number of nitrogens with zero attached hydrogens (tertiary/aromatic N) is 2. The van der Waals surface area contributed by atoms with E-state index in [9.17, 15) is 0 Å². The highest BCUT2D eigenvalue weighted by Gasteiger charge is 2.22. The van der Waals surface area contributed by atoms with Crippen molar-refractivity contribution in [3.8, 4) is 0 Å². The van der Waals surface area contributed by atoms with Gasteiger partial charge >= 0.3 is 0 Å². The SMILES string of the molecule is CC(C1CCCCC1)n1cnc2cc(N)ccc21. The molecule has 1 aliphatic rings. The molecule has 1 atom stereocenters. The summed E-state index contributed by atoms with van der Waals surface area (Å²) >= 11 is 0. The van der Waals surface area contributed by atoms with Gasteiger partial charge in [0.15, 0.2) is 0 Å². The summed E-state index contributed by atoms with van der Waals surface area (Å²) in [5.41, 5.74) is 8.81. The van der Waals surface area contributed by atoms with E-state index in [4.69, 9.17) is 5.73 Å². The van der Waals surface area contributed by atoms with Crippen molar-refractivity contribution >= 4 is 16.7 Å². The minimum absolute atomic E-state index is 0.541. The summed E-state index contributed by atoms with van der Waals surface area (Å²) in [5, 5.41) is 0. The van der Waals surface area contributed by atoms with Crippen LogP contribution in [0.3, 0.4) is 0 Å². The highest BCUT2D eigenvalue weighted by Crippen LogP contribution is 2.34. The maximum Gasteiger partial charge on any atom is 0.0960 e. The van der Waals surface area contributed by atoms with Crippen molar-refractivity contribution in [2.24, 2.45) is 5.92 Å². The van der Waals surface area contributed by atoms with Crippen molar-refractivity contribution in [2.45, 2.75) is 45.1 Å². The van der Waals surface area contributed by atoms with Crippen LogP contribution in [0.25, 0.3) is 11.0 Å². The second-order valence-corrected chi connectivity index (χ2v) is 5.54. The first kappa shape index (κ1) is 11.6. The fraction of sp³-hybridized carbons (Fsp3) is 0.533. The van der Waals surface area contributed by atoms with Crippen molar-refractivity contribution < 1.29 is 0 Å². The van der Waals surface area contributed by atoms with Crippen LogP contribution in [-0.2, 0) is 0 Å². The molecule has 0 radical (unpaired) electrons. The Bertz CT molecular complexity index is 538. The molecule has 0 spiro atoms. The molecule has 1 saturated carbocycles. The van der Waals surface area contributed by atoms with Crippen molar-refractivity contribution in [3.63, 3.8) is 0 Å². The van der Waals surface area contributed by atoms with Crippen LogP contribution in [0.2, 0.25) is 0 Å². The molecule has 3 heteroatoms. The lowest BCUT2D eigenvalue weighted by Gasteiger charge is -2.28. The van der Waals surface area contributed by atoms with Crippen LogP contribution in [-0.4, -0.2) is 9.55 Å². The third-order valence-corrected chi connectivity index (χ3v) is 4.37. The molecule has 1 aromatic carbocycles. The van der Waals surface area contributed by atoms with Crippen LogP contribution in [0.1, 0.15) is 45.1 Å². The van der Waals surface area contributed by atoms with E-state index in [1.807, 2.05) is 18.5 Å². The fourth-order valence-corrected chi connectivity index (χ4v) is 3.22. The van der Waals surface area contributed by atoms with Crippen LogP contribution < -0.4 is 5.73 Å². The molecule has 1 heterocycles. The Morgan fingerprint density at radius 2 is 2.06 bits per heavy atom. The van der Waals surface area contributed by atoms with E-state index in [-0.39, 0.29) is 0 Å². The van der Waals surface area contributed by atoms with E-state index >= 15 is 0 Å². The van der Waals surface area contributed by atoms with Crippen molar-refractivity contribution in [3.05, 3.63) is 24.5 Å². The number of nitrogens with two attached hydrogens (primary N) is 1. The van der Waals surface area contributed by atoms with Gasteiger partial charge in [-0.05, 0) is 43.9 Å². The number of hydrogen-bond donors (Lipinski definition) is 1. The van der Waals surface area contributed by atoms with Gasteiger partial charge in [0, 0.05) is 11.7 Å². The van der Waals surface area contributed by atoms with Gasteiger partial charge in [-0.25, -0.2) is 4.98 Å². The fourth-order valence-electron chi connectivity index (χ4n) is 3.22. The van der Waals surface area contributed by atoms with E-state index in [1.165, 1.54) is 37.6 Å². The first-order chi connectivity index (χ1) is 8.75. The summed E-state index contributed by atoms with van der Waals surface area (Å²) in [7, 11) is 0. The van der Waals surface area contributed by atoms with Gasteiger partial charge in [-0.1, -0.05) is 19.3 Å². The summed E-state index contributed by atoms with van der Waals surface area (Å²) in [6, 6.07) is 6.56. The predicted octanol–water partition coefficient (Wildman–Crippen LogP) is 3.76. The van der Waals surface area contributed by atoms with Gasteiger partial charge in [-0.3, -0.25) is 0 Å². The molecule has 2 aromatic rings. The van der Waals surface area contributed by atoms with Crippen molar-refractivity contribution in [1.82, 2.24) is 9.55 Å². The van der Waals surface area contributed by atoms with E-state index in [2.05, 4.69) is 22.5 Å². The second-order valence-electron chi connectivity index (χ2n) is 5.54. The topological polar surface area (TPSA) is 43.8 Å². The molecular weight excluding hydrogens is 222 g/mol. The van der Waals surface area contributed by atoms with Crippen molar-refractivity contribution in [1.29, 1.82) is 0 Å². The molecule has 3 rings (SSSR count). The van der Waals surface area contributed by atoms with Crippen LogP contribution in [0.15, 0.2) is 24.5 Å². The van der Waals surface area contributed by atoms with E-state index < -0.39 is 0 Å². The average Bonchev–Trinajstić information content (AvgIpc) is 2.81. The third kappa shape index (κ3) is 1.98. The number of nitrogen functional groups attached to an aromatic ring is 1. The Kier molecular flexibility index (Phi) is 2.98. The smallest absolute Gasteiger partial charge is 0.0960 e.